The Kier molecular flexibility index (Phi) is 20.5. The number of hydrogen-bond donors (Lipinski definition) is 2. The number of rotatable bonds is 4. The van der Waals surface area contributed by atoms with Crippen LogP contribution in [0.2, 0.25) is 0 Å². The van der Waals surface area contributed by atoms with Gasteiger partial charge in [0.1, 0.15) is 0 Å². The minimum absolute atomic E-state index is 0.0522. The maximum absolute atomic E-state index is 12.3. The number of halogens is 3. The Bertz CT molecular complexity index is 643. The van der Waals surface area contributed by atoms with Gasteiger partial charge in [-0.25, -0.2) is 4.21 Å². The lowest BCUT2D eigenvalue weighted by Gasteiger charge is -2.08. The Labute approximate surface area is 170 Å². The molecule has 154 valence electrons. The third kappa shape index (κ3) is 13.5. The first kappa shape index (κ1) is 30.5. The van der Waals surface area contributed by atoms with Gasteiger partial charge in [0.15, 0.2) is 11.1 Å². The van der Waals surface area contributed by atoms with Crippen LogP contribution in [0, 0.1) is 11.3 Å². The van der Waals surface area contributed by atoms with Crippen molar-refractivity contribution in [3.8, 4) is 6.07 Å². The second kappa shape index (κ2) is 18.1. The summed E-state index contributed by atoms with van der Waals surface area (Å²) >= 11 is -0.399. The molecule has 1 aromatic rings. The van der Waals surface area contributed by atoms with Gasteiger partial charge in [-0.15, -0.1) is 11.8 Å². The molecule has 27 heavy (non-hydrogen) atoms. The van der Waals surface area contributed by atoms with Gasteiger partial charge in [0, 0.05) is 16.9 Å². The number of benzene rings is 1. The molecule has 0 heterocycles. The lowest BCUT2D eigenvalue weighted by molar-refractivity contribution is -0.137. The maximum atomic E-state index is 12.3. The van der Waals surface area contributed by atoms with Crippen LogP contribution < -0.4 is 0 Å². The summed E-state index contributed by atoms with van der Waals surface area (Å²) in [4.78, 5) is 0.0522. The van der Waals surface area contributed by atoms with Crippen LogP contribution >= 0.6 is 23.8 Å². The number of nitrogens with zero attached hydrogens (tertiary/aromatic N) is 1. The van der Waals surface area contributed by atoms with E-state index in [1.54, 1.807) is 6.26 Å². The van der Waals surface area contributed by atoms with Crippen molar-refractivity contribution in [3.63, 3.8) is 0 Å². The molecule has 0 fully saturated rings. The predicted molar refractivity (Wildman–Crippen MR) is 110 cm³/mol. The van der Waals surface area contributed by atoms with Gasteiger partial charge in [-0.05, 0) is 30.5 Å². The molecular formula is C17H24F3NO3S3. The van der Waals surface area contributed by atoms with E-state index in [4.69, 9.17) is 14.4 Å². The number of allylic oxidation sites excluding steroid dienone is 2. The Hall–Kier alpha value is -1.25. The molecule has 10 heteroatoms. The molecule has 1 rings (SSSR count). The zero-order chi connectivity index (χ0) is 22.0. The molecule has 0 aliphatic rings. The van der Waals surface area contributed by atoms with E-state index in [2.05, 4.69) is 6.58 Å². The summed E-state index contributed by atoms with van der Waals surface area (Å²) in [7, 11) is 0. The fourth-order valence-corrected chi connectivity index (χ4v) is 2.52. The van der Waals surface area contributed by atoms with Crippen LogP contribution in [0.15, 0.2) is 46.1 Å². The van der Waals surface area contributed by atoms with Crippen molar-refractivity contribution in [2.75, 3.05) is 6.26 Å². The first-order valence-corrected chi connectivity index (χ1v) is 10.7. The van der Waals surface area contributed by atoms with Crippen LogP contribution in [0.4, 0.5) is 13.2 Å². The molecule has 1 unspecified atom stereocenters. The molecule has 0 aliphatic heterocycles. The van der Waals surface area contributed by atoms with Gasteiger partial charge in [0.25, 0.3) is 0 Å². The first-order chi connectivity index (χ1) is 12.7. The smallest absolute Gasteiger partial charge is 0.325 e. The molecule has 0 bridgehead atoms. The minimum atomic E-state index is -4.57. The number of alkyl halides is 3. The van der Waals surface area contributed by atoms with Crippen LogP contribution in [0.1, 0.15) is 38.8 Å². The van der Waals surface area contributed by atoms with Gasteiger partial charge in [-0.1, -0.05) is 40.3 Å². The van der Waals surface area contributed by atoms with Crippen molar-refractivity contribution in [2.45, 2.75) is 38.8 Å². The molecule has 0 aliphatic carbocycles. The number of nitriles is 1. The lowest BCUT2D eigenvalue weighted by Crippen LogP contribution is -2.07. The fraction of sp³-hybridized carbons (Fsp3) is 0.353. The van der Waals surface area contributed by atoms with Crippen molar-refractivity contribution in [2.24, 2.45) is 0 Å². The van der Waals surface area contributed by atoms with E-state index in [9.17, 15) is 17.4 Å². The molecule has 0 saturated heterocycles. The van der Waals surface area contributed by atoms with Crippen molar-refractivity contribution in [3.05, 3.63) is 52.3 Å². The zero-order valence-corrected chi connectivity index (χ0v) is 18.2. The largest absolute Gasteiger partial charge is 0.417 e. The number of hydrogen-bond acceptors (Lipinski definition) is 5. The summed E-state index contributed by atoms with van der Waals surface area (Å²) in [6, 6.07) is 4.46. The highest BCUT2D eigenvalue weighted by atomic mass is 32.2. The molecule has 1 atom stereocenters. The van der Waals surface area contributed by atoms with Crippen LogP contribution in [-0.4, -0.2) is 19.6 Å². The first-order valence-electron chi connectivity index (χ1n) is 7.61. The highest BCUT2D eigenvalue weighted by Gasteiger charge is 2.33. The summed E-state index contributed by atoms with van der Waals surface area (Å²) < 4.78 is 64.7. The summed E-state index contributed by atoms with van der Waals surface area (Å²) in [6.07, 6.45) is 0.168. The summed E-state index contributed by atoms with van der Waals surface area (Å²) in [5, 5.41) is 8.43. The minimum Gasteiger partial charge on any atom is -0.325 e. The highest BCUT2D eigenvalue weighted by Crippen LogP contribution is 2.33. The van der Waals surface area contributed by atoms with Crippen molar-refractivity contribution in [1.29, 1.82) is 5.26 Å². The molecule has 0 spiro atoms. The number of thioether (sulfide) groups is 1. The molecule has 4 nitrogen and oxygen atoms in total. The van der Waals surface area contributed by atoms with Crippen LogP contribution in [0.5, 0.6) is 0 Å². The van der Waals surface area contributed by atoms with E-state index in [0.717, 1.165) is 12.1 Å². The SMILES string of the molecule is C=C/C=C(\SC)S(=O)O.CC.CC.N#Cc1ccc(SO)cc1C(F)(F)F. The topological polar surface area (TPSA) is 81.3 Å². The van der Waals surface area contributed by atoms with Crippen molar-refractivity contribution >= 4 is 34.9 Å². The predicted octanol–water partition coefficient (Wildman–Crippen LogP) is 6.79. The average Bonchev–Trinajstić information content (AvgIpc) is 2.68. The van der Waals surface area contributed by atoms with Gasteiger partial charge in [-0.3, -0.25) is 0 Å². The second-order valence-electron chi connectivity index (χ2n) is 3.58. The van der Waals surface area contributed by atoms with Gasteiger partial charge in [-0.2, -0.15) is 18.4 Å². The standard InChI is InChI=1S/C8H4F3NOS.C5H8O2S2.2C2H6/c9-8(10,11)7-3-6(14-13)2-1-5(7)4-12;1-3-4-5(8-2)9(6)7;2*1-2/h1-3,13H;3-4H,1H2,2H3,(H,6,7);2*1-2H3/b;5-4+;;. The molecule has 1 aromatic carbocycles. The Morgan fingerprint density at radius 1 is 1.30 bits per heavy atom. The van der Waals surface area contributed by atoms with E-state index in [1.165, 1.54) is 36.0 Å². The average molecular weight is 444 g/mol. The van der Waals surface area contributed by atoms with E-state index >= 15 is 0 Å². The Balaban J connectivity index is -0.000000384. The van der Waals surface area contributed by atoms with Crippen LogP contribution in [-0.2, 0) is 17.3 Å². The highest BCUT2D eigenvalue weighted by molar-refractivity contribution is 8.14. The van der Waals surface area contributed by atoms with Crippen LogP contribution in [0.25, 0.3) is 0 Å². The maximum Gasteiger partial charge on any atom is 0.417 e. The Morgan fingerprint density at radius 3 is 2.07 bits per heavy atom. The third-order valence-electron chi connectivity index (χ3n) is 2.15. The lowest BCUT2D eigenvalue weighted by atomic mass is 10.1. The molecule has 2 N–H and O–H groups in total. The van der Waals surface area contributed by atoms with Gasteiger partial charge < -0.3 is 9.11 Å². The van der Waals surface area contributed by atoms with Crippen molar-refractivity contribution < 1.29 is 26.5 Å². The summed E-state index contributed by atoms with van der Waals surface area (Å²) in [5.74, 6) is 0. The normalized spacial score (nSPS) is 11.2. The molecule has 0 radical (unpaired) electrons. The second-order valence-corrected chi connectivity index (χ2v) is 6.28. The summed E-state index contributed by atoms with van der Waals surface area (Å²) in [5.41, 5.74) is -1.48. The van der Waals surface area contributed by atoms with Crippen LogP contribution in [0.3, 0.4) is 0 Å². The van der Waals surface area contributed by atoms with Gasteiger partial charge in [0.05, 0.1) is 21.4 Å². The zero-order valence-electron chi connectivity index (χ0n) is 15.7. The Morgan fingerprint density at radius 2 is 1.81 bits per heavy atom. The van der Waals surface area contributed by atoms with E-state index in [0.29, 0.717) is 4.24 Å². The van der Waals surface area contributed by atoms with E-state index < -0.39 is 28.4 Å². The third-order valence-corrected chi connectivity index (χ3v) is 4.56. The van der Waals surface area contributed by atoms with Gasteiger partial charge >= 0.3 is 6.18 Å². The van der Waals surface area contributed by atoms with E-state index in [-0.39, 0.29) is 16.9 Å². The molecule has 0 saturated carbocycles. The van der Waals surface area contributed by atoms with E-state index in [1.807, 2.05) is 27.7 Å². The monoisotopic (exact) mass is 443 g/mol. The molecule has 0 aromatic heterocycles. The van der Waals surface area contributed by atoms with Crippen molar-refractivity contribution in [1.82, 2.24) is 0 Å². The molecular weight excluding hydrogens is 419 g/mol. The quantitative estimate of drug-likeness (QED) is 0.303. The molecule has 0 amide bonds. The summed E-state index contributed by atoms with van der Waals surface area (Å²) in [6.45, 7) is 11.4. The van der Waals surface area contributed by atoms with Gasteiger partial charge in [0.2, 0.25) is 0 Å². The fourth-order valence-electron chi connectivity index (χ4n) is 1.21.